The van der Waals surface area contributed by atoms with Gasteiger partial charge >= 0.3 is 0 Å². The Bertz CT molecular complexity index is 740. The van der Waals surface area contributed by atoms with Crippen LogP contribution >= 0.6 is 11.6 Å². The number of carbonyl (C=O) groups excluding carboxylic acids is 1. The van der Waals surface area contributed by atoms with Gasteiger partial charge in [0.2, 0.25) is 5.75 Å². The third kappa shape index (κ3) is 6.05. The van der Waals surface area contributed by atoms with E-state index in [0.717, 1.165) is 22.6 Å². The summed E-state index contributed by atoms with van der Waals surface area (Å²) in [5, 5.41) is 3.64. The fourth-order valence-electron chi connectivity index (χ4n) is 2.79. The van der Waals surface area contributed by atoms with E-state index in [1.165, 1.54) is 0 Å². The maximum Gasteiger partial charge on any atom is 0.275 e. The standard InChI is InChI=1S/C20H25ClN2O4/c1-23(12-14-5-7-16(21)8-6-14)13-19(24)22-11-15-9-17(25-2)20(27-4)18(10-15)26-3/h5-10H,11-13H2,1-4H3,(H,22,24)/p+1. The lowest BCUT2D eigenvalue weighted by Crippen LogP contribution is -3.08. The number of benzene rings is 2. The van der Waals surface area contributed by atoms with Gasteiger partial charge in [-0.1, -0.05) is 23.7 Å². The molecule has 27 heavy (non-hydrogen) atoms. The van der Waals surface area contributed by atoms with E-state index >= 15 is 0 Å². The number of rotatable bonds is 9. The topological polar surface area (TPSA) is 61.2 Å². The lowest BCUT2D eigenvalue weighted by molar-refractivity contribution is -0.885. The van der Waals surface area contributed by atoms with E-state index in [4.69, 9.17) is 25.8 Å². The number of carbonyl (C=O) groups is 1. The van der Waals surface area contributed by atoms with Gasteiger partial charge in [0.1, 0.15) is 6.54 Å². The van der Waals surface area contributed by atoms with Crippen molar-refractivity contribution in [2.75, 3.05) is 34.9 Å². The number of halogens is 1. The van der Waals surface area contributed by atoms with E-state index in [2.05, 4.69) is 5.32 Å². The number of likely N-dealkylation sites (N-methyl/N-ethyl adjacent to an activating group) is 1. The molecule has 0 aliphatic rings. The van der Waals surface area contributed by atoms with Gasteiger partial charge in [-0.3, -0.25) is 4.79 Å². The summed E-state index contributed by atoms with van der Waals surface area (Å²) in [6.45, 7) is 1.49. The predicted octanol–water partition coefficient (Wildman–Crippen LogP) is 1.70. The van der Waals surface area contributed by atoms with Gasteiger partial charge in [0.05, 0.1) is 28.4 Å². The van der Waals surface area contributed by atoms with Crippen molar-refractivity contribution in [3.05, 3.63) is 52.5 Å². The van der Waals surface area contributed by atoms with Gasteiger partial charge in [-0.15, -0.1) is 0 Å². The van der Waals surface area contributed by atoms with Gasteiger partial charge in [0.15, 0.2) is 18.0 Å². The molecule has 6 nitrogen and oxygen atoms in total. The monoisotopic (exact) mass is 393 g/mol. The van der Waals surface area contributed by atoms with Crippen LogP contribution in [0.2, 0.25) is 5.02 Å². The minimum absolute atomic E-state index is 0.0322. The van der Waals surface area contributed by atoms with E-state index in [9.17, 15) is 4.79 Å². The molecular weight excluding hydrogens is 368 g/mol. The first-order valence-electron chi connectivity index (χ1n) is 8.58. The molecule has 0 heterocycles. The number of ether oxygens (including phenoxy) is 3. The Hall–Kier alpha value is -2.44. The van der Waals surface area contributed by atoms with Crippen molar-refractivity contribution in [1.29, 1.82) is 0 Å². The van der Waals surface area contributed by atoms with Gasteiger partial charge < -0.3 is 24.4 Å². The van der Waals surface area contributed by atoms with Crippen LogP contribution in [0, 0.1) is 0 Å². The summed E-state index contributed by atoms with van der Waals surface area (Å²) < 4.78 is 16.0. The third-order valence-electron chi connectivity index (χ3n) is 4.10. The fraction of sp³-hybridized carbons (Fsp3) is 0.350. The minimum atomic E-state index is -0.0322. The average molecular weight is 394 g/mol. The van der Waals surface area contributed by atoms with Crippen LogP contribution in [0.3, 0.4) is 0 Å². The van der Waals surface area contributed by atoms with Crippen LogP contribution in [-0.4, -0.2) is 40.8 Å². The van der Waals surface area contributed by atoms with E-state index < -0.39 is 0 Å². The number of hydrogen-bond donors (Lipinski definition) is 2. The Balaban J connectivity index is 1.91. The number of amides is 1. The molecule has 7 heteroatoms. The summed E-state index contributed by atoms with van der Waals surface area (Å²) in [6.07, 6.45) is 0. The predicted molar refractivity (Wildman–Crippen MR) is 105 cm³/mol. The van der Waals surface area contributed by atoms with Crippen molar-refractivity contribution in [1.82, 2.24) is 5.32 Å². The lowest BCUT2D eigenvalue weighted by Gasteiger charge is -2.16. The molecule has 1 atom stereocenters. The first kappa shape index (κ1) is 20.9. The van der Waals surface area contributed by atoms with E-state index in [1.54, 1.807) is 21.3 Å². The average Bonchev–Trinajstić information content (AvgIpc) is 2.67. The van der Waals surface area contributed by atoms with Crippen LogP contribution in [0.1, 0.15) is 11.1 Å². The van der Waals surface area contributed by atoms with Gasteiger partial charge in [-0.05, 0) is 29.8 Å². The quantitative estimate of drug-likeness (QED) is 0.680. The largest absolute Gasteiger partial charge is 0.493 e. The van der Waals surface area contributed by atoms with Crippen molar-refractivity contribution in [3.8, 4) is 17.2 Å². The summed E-state index contributed by atoms with van der Waals surface area (Å²) in [4.78, 5) is 13.3. The highest BCUT2D eigenvalue weighted by molar-refractivity contribution is 6.30. The van der Waals surface area contributed by atoms with E-state index in [1.807, 2.05) is 43.4 Å². The molecule has 2 rings (SSSR count). The summed E-state index contributed by atoms with van der Waals surface area (Å²) in [6, 6.07) is 11.3. The third-order valence-corrected chi connectivity index (χ3v) is 4.35. The number of nitrogens with one attached hydrogen (secondary N) is 2. The SMILES string of the molecule is COc1cc(CNC(=O)C[NH+](C)Cc2ccc(Cl)cc2)cc(OC)c1OC. The summed E-state index contributed by atoms with van der Waals surface area (Å²) in [5.74, 6) is 1.62. The molecule has 0 aliphatic carbocycles. The molecule has 0 spiro atoms. The Morgan fingerprint density at radius 3 is 2.11 bits per heavy atom. The van der Waals surface area contributed by atoms with Crippen LogP contribution in [-0.2, 0) is 17.9 Å². The Labute approximate surface area is 165 Å². The second-order valence-corrected chi connectivity index (χ2v) is 6.68. The first-order chi connectivity index (χ1) is 13.0. The molecule has 0 bridgehead atoms. The zero-order chi connectivity index (χ0) is 19.8. The van der Waals surface area contributed by atoms with Gasteiger partial charge in [-0.25, -0.2) is 0 Å². The van der Waals surface area contributed by atoms with Crippen molar-refractivity contribution in [2.45, 2.75) is 13.1 Å². The maximum atomic E-state index is 12.3. The minimum Gasteiger partial charge on any atom is -0.493 e. The van der Waals surface area contributed by atoms with Crippen LogP contribution in [0.4, 0.5) is 0 Å². The zero-order valence-electron chi connectivity index (χ0n) is 16.1. The highest BCUT2D eigenvalue weighted by Crippen LogP contribution is 2.38. The summed E-state index contributed by atoms with van der Waals surface area (Å²) >= 11 is 5.90. The Morgan fingerprint density at radius 1 is 1.00 bits per heavy atom. The lowest BCUT2D eigenvalue weighted by atomic mass is 10.1. The molecule has 1 amide bonds. The molecule has 0 saturated carbocycles. The van der Waals surface area contributed by atoms with Crippen molar-refractivity contribution in [2.24, 2.45) is 0 Å². The molecule has 0 radical (unpaired) electrons. The maximum absolute atomic E-state index is 12.3. The highest BCUT2D eigenvalue weighted by Gasteiger charge is 2.15. The van der Waals surface area contributed by atoms with E-state index in [-0.39, 0.29) is 5.91 Å². The molecule has 2 N–H and O–H groups in total. The Morgan fingerprint density at radius 2 is 1.59 bits per heavy atom. The molecular formula is C20H26ClN2O4+. The number of methoxy groups -OCH3 is 3. The number of quaternary nitrogens is 1. The van der Waals surface area contributed by atoms with Crippen molar-refractivity contribution >= 4 is 17.5 Å². The van der Waals surface area contributed by atoms with Crippen LogP contribution in [0.5, 0.6) is 17.2 Å². The Kier molecular flexibility index (Phi) is 7.76. The molecule has 1 unspecified atom stereocenters. The molecule has 2 aromatic carbocycles. The normalized spacial score (nSPS) is 11.6. The van der Waals surface area contributed by atoms with Gasteiger partial charge in [0, 0.05) is 17.1 Å². The van der Waals surface area contributed by atoms with Crippen LogP contribution < -0.4 is 24.4 Å². The van der Waals surface area contributed by atoms with E-state index in [0.29, 0.717) is 35.4 Å². The summed E-state index contributed by atoms with van der Waals surface area (Å²) in [5.41, 5.74) is 2.00. The molecule has 0 saturated heterocycles. The molecule has 0 aliphatic heterocycles. The molecule has 146 valence electrons. The second-order valence-electron chi connectivity index (χ2n) is 6.25. The van der Waals surface area contributed by atoms with Crippen LogP contribution in [0.15, 0.2) is 36.4 Å². The zero-order valence-corrected chi connectivity index (χ0v) is 16.9. The van der Waals surface area contributed by atoms with Crippen molar-refractivity contribution < 1.29 is 23.9 Å². The van der Waals surface area contributed by atoms with Gasteiger partial charge in [0.25, 0.3) is 5.91 Å². The summed E-state index contributed by atoms with van der Waals surface area (Å²) in [7, 11) is 6.66. The highest BCUT2D eigenvalue weighted by atomic mass is 35.5. The smallest absolute Gasteiger partial charge is 0.275 e. The molecule has 2 aromatic rings. The van der Waals surface area contributed by atoms with Crippen LogP contribution in [0.25, 0.3) is 0 Å². The van der Waals surface area contributed by atoms with Gasteiger partial charge in [-0.2, -0.15) is 0 Å². The molecule has 0 fully saturated rings. The first-order valence-corrected chi connectivity index (χ1v) is 8.96. The second kappa shape index (κ2) is 10.0. The van der Waals surface area contributed by atoms with Crippen molar-refractivity contribution in [3.63, 3.8) is 0 Å². The fourth-order valence-corrected chi connectivity index (χ4v) is 2.91. The molecule has 0 aromatic heterocycles. The number of hydrogen-bond acceptors (Lipinski definition) is 4.